The van der Waals surface area contributed by atoms with Crippen molar-refractivity contribution in [1.29, 1.82) is 0 Å². The third kappa shape index (κ3) is 3.12. The van der Waals surface area contributed by atoms with Gasteiger partial charge in [-0.05, 0) is 31.4 Å². The van der Waals surface area contributed by atoms with Gasteiger partial charge in [0.1, 0.15) is 0 Å². The molecule has 2 aliphatic heterocycles. The smallest absolute Gasteiger partial charge is 0.303 e. The van der Waals surface area contributed by atoms with Crippen LogP contribution in [0.25, 0.3) is 0 Å². The van der Waals surface area contributed by atoms with E-state index in [1.807, 2.05) is 6.20 Å². The molecule has 4 heteroatoms. The molecule has 0 atom stereocenters. The molecule has 0 aromatic carbocycles. The molecule has 0 amide bonds. The molecule has 17 heavy (non-hydrogen) atoms. The van der Waals surface area contributed by atoms with E-state index < -0.39 is 5.97 Å². The summed E-state index contributed by atoms with van der Waals surface area (Å²) in [6, 6.07) is 0. The minimum absolute atomic E-state index is 0.287. The first-order chi connectivity index (χ1) is 8.27. The number of fused-ring (bicyclic) bond motifs is 1. The van der Waals surface area contributed by atoms with Crippen LogP contribution in [0.2, 0.25) is 0 Å². The van der Waals surface area contributed by atoms with E-state index in [4.69, 9.17) is 5.11 Å². The van der Waals surface area contributed by atoms with Crippen molar-refractivity contribution in [2.45, 2.75) is 32.1 Å². The van der Waals surface area contributed by atoms with E-state index in [0.29, 0.717) is 0 Å². The van der Waals surface area contributed by atoms with Gasteiger partial charge in [-0.1, -0.05) is 12.5 Å². The summed E-state index contributed by atoms with van der Waals surface area (Å²) in [4.78, 5) is 12.6. The highest BCUT2D eigenvalue weighted by molar-refractivity contribution is 5.66. The fraction of sp³-hybridized carbons (Fsp3) is 0.462. The van der Waals surface area contributed by atoms with Crippen LogP contribution in [0, 0.1) is 0 Å². The second kappa shape index (κ2) is 5.57. The van der Waals surface area contributed by atoms with Crippen molar-refractivity contribution in [2.24, 2.45) is 0 Å². The molecule has 2 heterocycles. The van der Waals surface area contributed by atoms with Gasteiger partial charge in [-0.25, -0.2) is 0 Å². The molecule has 0 bridgehead atoms. The van der Waals surface area contributed by atoms with Crippen LogP contribution >= 0.6 is 0 Å². The summed E-state index contributed by atoms with van der Waals surface area (Å²) in [6.07, 6.45) is 12.4. The zero-order valence-electron chi connectivity index (χ0n) is 9.85. The maximum atomic E-state index is 10.4. The number of hydrogen-bond donors (Lipinski definition) is 2. The van der Waals surface area contributed by atoms with Crippen LogP contribution < -0.4 is 5.32 Å². The molecule has 0 unspecified atom stereocenters. The van der Waals surface area contributed by atoms with Gasteiger partial charge in [0.15, 0.2) is 0 Å². The molecular weight excluding hydrogens is 216 g/mol. The molecule has 2 rings (SSSR count). The van der Waals surface area contributed by atoms with Crippen molar-refractivity contribution < 1.29 is 9.90 Å². The average molecular weight is 234 g/mol. The second-order valence-corrected chi connectivity index (χ2v) is 4.33. The lowest BCUT2D eigenvalue weighted by Crippen LogP contribution is -2.23. The van der Waals surface area contributed by atoms with E-state index in [9.17, 15) is 4.79 Å². The Morgan fingerprint density at radius 3 is 3.12 bits per heavy atom. The molecule has 0 saturated carbocycles. The highest BCUT2D eigenvalue weighted by Crippen LogP contribution is 2.25. The molecule has 2 N–H and O–H groups in total. The van der Waals surface area contributed by atoms with Crippen LogP contribution in [0.15, 0.2) is 35.8 Å². The molecular formula is C13H18N2O2. The van der Waals surface area contributed by atoms with Gasteiger partial charge in [0.05, 0.1) is 12.4 Å². The Balaban J connectivity index is 1.72. The summed E-state index contributed by atoms with van der Waals surface area (Å²) < 4.78 is 0. The van der Waals surface area contributed by atoms with Crippen molar-refractivity contribution in [3.05, 3.63) is 35.8 Å². The first kappa shape index (κ1) is 11.8. The molecule has 0 aromatic rings. The van der Waals surface area contributed by atoms with Crippen LogP contribution in [0.1, 0.15) is 32.1 Å². The Kier molecular flexibility index (Phi) is 3.85. The molecule has 0 aromatic heterocycles. The van der Waals surface area contributed by atoms with Gasteiger partial charge in [0.2, 0.25) is 0 Å². The Labute approximate surface area is 101 Å². The van der Waals surface area contributed by atoms with Gasteiger partial charge in [-0.15, -0.1) is 0 Å². The molecule has 92 valence electrons. The van der Waals surface area contributed by atoms with E-state index in [1.165, 1.54) is 11.4 Å². The number of rotatable bonds is 6. The van der Waals surface area contributed by atoms with Crippen LogP contribution in [0.3, 0.4) is 0 Å². The average Bonchev–Trinajstić information content (AvgIpc) is 2.77. The highest BCUT2D eigenvalue weighted by Gasteiger charge is 2.18. The zero-order chi connectivity index (χ0) is 12.1. The molecule has 0 radical (unpaired) electrons. The van der Waals surface area contributed by atoms with Crippen molar-refractivity contribution in [1.82, 2.24) is 10.2 Å². The fourth-order valence-electron chi connectivity index (χ4n) is 2.14. The summed E-state index contributed by atoms with van der Waals surface area (Å²) in [7, 11) is 0. The molecule has 0 saturated heterocycles. The van der Waals surface area contributed by atoms with E-state index in [2.05, 4.69) is 28.4 Å². The van der Waals surface area contributed by atoms with Crippen molar-refractivity contribution >= 4 is 5.97 Å². The minimum atomic E-state index is -0.696. The van der Waals surface area contributed by atoms with Crippen molar-refractivity contribution in [3.63, 3.8) is 0 Å². The van der Waals surface area contributed by atoms with E-state index in [0.717, 1.165) is 32.4 Å². The summed E-state index contributed by atoms with van der Waals surface area (Å²) in [5.74, 6) is -0.696. The Morgan fingerprint density at radius 2 is 2.29 bits per heavy atom. The SMILES string of the molecule is O=C(O)CCCCCC1=CC=CC2=CNCN21. The first-order valence-corrected chi connectivity index (χ1v) is 6.07. The summed E-state index contributed by atoms with van der Waals surface area (Å²) >= 11 is 0. The maximum Gasteiger partial charge on any atom is 0.303 e. The molecule has 2 aliphatic rings. The Morgan fingerprint density at radius 1 is 1.41 bits per heavy atom. The second-order valence-electron chi connectivity index (χ2n) is 4.33. The lowest BCUT2D eigenvalue weighted by atomic mass is 10.1. The number of carbonyl (C=O) groups is 1. The lowest BCUT2D eigenvalue weighted by molar-refractivity contribution is -0.137. The Hall–Kier alpha value is -1.71. The number of hydrogen-bond acceptors (Lipinski definition) is 3. The predicted octanol–water partition coefficient (Wildman–Crippen LogP) is 2.18. The topological polar surface area (TPSA) is 52.6 Å². The van der Waals surface area contributed by atoms with Gasteiger partial charge in [0, 0.05) is 18.3 Å². The van der Waals surface area contributed by atoms with E-state index >= 15 is 0 Å². The van der Waals surface area contributed by atoms with Crippen LogP contribution in [0.5, 0.6) is 0 Å². The van der Waals surface area contributed by atoms with Crippen LogP contribution in [-0.4, -0.2) is 22.6 Å². The predicted molar refractivity (Wildman–Crippen MR) is 65.9 cm³/mol. The third-order valence-electron chi connectivity index (χ3n) is 3.04. The summed E-state index contributed by atoms with van der Waals surface area (Å²) in [5.41, 5.74) is 2.53. The van der Waals surface area contributed by atoms with Crippen molar-refractivity contribution in [2.75, 3.05) is 6.67 Å². The van der Waals surface area contributed by atoms with Gasteiger partial charge in [0.25, 0.3) is 0 Å². The van der Waals surface area contributed by atoms with Crippen LogP contribution in [-0.2, 0) is 4.79 Å². The van der Waals surface area contributed by atoms with E-state index in [-0.39, 0.29) is 6.42 Å². The number of carboxylic acids is 1. The fourth-order valence-corrected chi connectivity index (χ4v) is 2.14. The molecule has 0 fully saturated rings. The molecule has 0 aliphatic carbocycles. The van der Waals surface area contributed by atoms with Crippen molar-refractivity contribution in [3.8, 4) is 0 Å². The number of carboxylic acid groups (broad SMARTS) is 1. The molecule has 0 spiro atoms. The lowest BCUT2D eigenvalue weighted by Gasteiger charge is -2.25. The standard InChI is InChI=1S/C13H18N2O2/c16-13(17)8-3-1-2-5-11-6-4-7-12-9-14-10-15(11)12/h4,6-7,9,14H,1-3,5,8,10H2,(H,16,17). The monoisotopic (exact) mass is 234 g/mol. The summed E-state index contributed by atoms with van der Waals surface area (Å²) in [5, 5.41) is 11.7. The Bertz CT molecular complexity index is 383. The third-order valence-corrected chi connectivity index (χ3v) is 3.04. The van der Waals surface area contributed by atoms with Gasteiger partial charge >= 0.3 is 5.97 Å². The number of allylic oxidation sites excluding steroid dienone is 4. The first-order valence-electron chi connectivity index (χ1n) is 6.07. The number of unbranched alkanes of at least 4 members (excludes halogenated alkanes) is 2. The number of nitrogens with zero attached hydrogens (tertiary/aromatic N) is 1. The normalized spacial score (nSPS) is 17.3. The van der Waals surface area contributed by atoms with Gasteiger partial charge in [-0.3, -0.25) is 4.79 Å². The van der Waals surface area contributed by atoms with Gasteiger partial charge in [-0.2, -0.15) is 0 Å². The number of nitrogens with one attached hydrogen (secondary N) is 1. The highest BCUT2D eigenvalue weighted by atomic mass is 16.4. The van der Waals surface area contributed by atoms with Crippen LogP contribution in [0.4, 0.5) is 0 Å². The number of aliphatic carboxylic acids is 1. The largest absolute Gasteiger partial charge is 0.481 e. The molecule has 4 nitrogen and oxygen atoms in total. The summed E-state index contributed by atoms with van der Waals surface area (Å²) in [6.45, 7) is 0.848. The zero-order valence-corrected chi connectivity index (χ0v) is 9.85. The quantitative estimate of drug-likeness (QED) is 0.692. The minimum Gasteiger partial charge on any atom is -0.481 e. The van der Waals surface area contributed by atoms with Gasteiger partial charge < -0.3 is 15.3 Å². The van der Waals surface area contributed by atoms with E-state index in [1.54, 1.807) is 0 Å². The maximum absolute atomic E-state index is 10.4.